The lowest BCUT2D eigenvalue weighted by Crippen LogP contribution is -2.01. The Balaban J connectivity index is 2.39. The van der Waals surface area contributed by atoms with E-state index in [1.165, 1.54) is 25.3 Å². The summed E-state index contributed by atoms with van der Waals surface area (Å²) in [6.45, 7) is 0. The third-order valence-corrected chi connectivity index (χ3v) is 2.71. The quantitative estimate of drug-likeness (QED) is 0.853. The molecule has 2 aromatic carbocycles. The van der Waals surface area contributed by atoms with E-state index in [1.807, 2.05) is 6.07 Å². The van der Waals surface area contributed by atoms with Crippen LogP contribution in [0.3, 0.4) is 0 Å². The first-order chi connectivity index (χ1) is 9.15. The summed E-state index contributed by atoms with van der Waals surface area (Å²) < 4.78 is 5.06. The number of carbonyl (C=O) groups excluding carboxylic acids is 1. The first-order valence-electron chi connectivity index (χ1n) is 5.57. The third-order valence-electron chi connectivity index (χ3n) is 2.71. The number of aromatic hydroxyl groups is 1. The lowest BCUT2D eigenvalue weighted by Gasteiger charge is -2.05. The van der Waals surface area contributed by atoms with Crippen LogP contribution < -0.4 is 4.74 Å². The fraction of sp³-hybridized carbons (Fsp3) is 0.0667. The number of nitrogens with zero attached hydrogens (tertiary/aromatic N) is 1. The molecule has 0 aliphatic heterocycles. The summed E-state index contributed by atoms with van der Waals surface area (Å²) in [5.74, 6) is 0.152. The molecule has 0 fully saturated rings. The Kier molecular flexibility index (Phi) is 3.48. The lowest BCUT2D eigenvalue weighted by molar-refractivity contribution is 0.103. The number of hydrogen-bond acceptors (Lipinski definition) is 4. The van der Waals surface area contributed by atoms with Gasteiger partial charge in [0.1, 0.15) is 17.6 Å². The fourth-order valence-corrected chi connectivity index (χ4v) is 1.70. The van der Waals surface area contributed by atoms with Crippen molar-refractivity contribution in [2.75, 3.05) is 7.11 Å². The summed E-state index contributed by atoms with van der Waals surface area (Å²) in [6.07, 6.45) is 0. The van der Waals surface area contributed by atoms with E-state index in [1.54, 1.807) is 24.3 Å². The normalized spacial score (nSPS) is 9.68. The number of benzene rings is 2. The van der Waals surface area contributed by atoms with Crippen molar-refractivity contribution in [3.63, 3.8) is 0 Å². The molecule has 0 aliphatic rings. The highest BCUT2D eigenvalue weighted by atomic mass is 16.5. The number of rotatable bonds is 3. The van der Waals surface area contributed by atoms with Crippen molar-refractivity contribution < 1.29 is 14.6 Å². The number of hydrogen-bond donors (Lipinski definition) is 1. The Labute approximate surface area is 110 Å². The maximum Gasteiger partial charge on any atom is 0.193 e. The number of ether oxygens (including phenoxy) is 1. The molecule has 0 saturated carbocycles. The average molecular weight is 253 g/mol. The molecule has 0 unspecified atom stereocenters. The zero-order valence-corrected chi connectivity index (χ0v) is 10.3. The van der Waals surface area contributed by atoms with Crippen molar-refractivity contribution in [1.29, 1.82) is 5.26 Å². The van der Waals surface area contributed by atoms with E-state index in [0.717, 1.165) is 0 Å². The Hall–Kier alpha value is -2.80. The predicted octanol–water partition coefficient (Wildman–Crippen LogP) is 2.50. The molecule has 0 radical (unpaired) electrons. The predicted molar refractivity (Wildman–Crippen MR) is 69.2 cm³/mol. The monoisotopic (exact) mass is 253 g/mol. The Morgan fingerprint density at radius 1 is 1.21 bits per heavy atom. The van der Waals surface area contributed by atoms with Crippen molar-refractivity contribution in [3.8, 4) is 17.6 Å². The van der Waals surface area contributed by atoms with Crippen molar-refractivity contribution in [3.05, 3.63) is 59.2 Å². The Morgan fingerprint density at radius 3 is 2.58 bits per heavy atom. The van der Waals surface area contributed by atoms with Crippen molar-refractivity contribution in [2.45, 2.75) is 0 Å². The van der Waals surface area contributed by atoms with Crippen molar-refractivity contribution in [1.82, 2.24) is 0 Å². The maximum absolute atomic E-state index is 12.2. The van der Waals surface area contributed by atoms with Crippen LogP contribution in [-0.4, -0.2) is 18.0 Å². The Morgan fingerprint density at radius 2 is 1.95 bits per heavy atom. The number of phenolic OH excluding ortho intramolecular Hbond substituents is 1. The summed E-state index contributed by atoms with van der Waals surface area (Å²) in [5, 5.41) is 18.3. The molecule has 0 amide bonds. The van der Waals surface area contributed by atoms with Gasteiger partial charge in [0.2, 0.25) is 0 Å². The van der Waals surface area contributed by atoms with Gasteiger partial charge in [-0.3, -0.25) is 4.79 Å². The van der Waals surface area contributed by atoms with Gasteiger partial charge in [-0.2, -0.15) is 5.26 Å². The standard InChI is InChI=1S/C15H11NO3/c1-19-13-4-2-3-10(7-13)15(18)11-5-6-12(9-16)14(17)8-11/h2-8,17H,1H3. The van der Waals surface area contributed by atoms with Crippen LogP contribution in [0.1, 0.15) is 21.5 Å². The van der Waals surface area contributed by atoms with E-state index in [-0.39, 0.29) is 17.1 Å². The van der Waals surface area contributed by atoms with Gasteiger partial charge in [0.25, 0.3) is 0 Å². The van der Waals surface area contributed by atoms with E-state index in [2.05, 4.69) is 0 Å². The molecule has 19 heavy (non-hydrogen) atoms. The molecule has 94 valence electrons. The van der Waals surface area contributed by atoms with Gasteiger partial charge in [0.05, 0.1) is 12.7 Å². The van der Waals surface area contributed by atoms with Gasteiger partial charge < -0.3 is 9.84 Å². The first-order valence-corrected chi connectivity index (χ1v) is 5.57. The minimum Gasteiger partial charge on any atom is -0.507 e. The minimum atomic E-state index is -0.237. The molecule has 2 rings (SSSR count). The van der Waals surface area contributed by atoms with Crippen LogP contribution in [0.4, 0.5) is 0 Å². The molecule has 0 aromatic heterocycles. The van der Waals surface area contributed by atoms with E-state index in [9.17, 15) is 9.90 Å². The van der Waals surface area contributed by atoms with E-state index in [0.29, 0.717) is 16.9 Å². The molecule has 0 saturated heterocycles. The molecule has 2 aromatic rings. The van der Waals surface area contributed by atoms with Gasteiger partial charge in [0.15, 0.2) is 5.78 Å². The number of methoxy groups -OCH3 is 1. The molecule has 0 heterocycles. The number of ketones is 1. The SMILES string of the molecule is COc1cccc(C(=O)c2ccc(C#N)c(O)c2)c1. The van der Waals surface area contributed by atoms with Crippen LogP contribution in [0.2, 0.25) is 0 Å². The molecular formula is C15H11NO3. The van der Waals surface area contributed by atoms with Gasteiger partial charge in [-0.25, -0.2) is 0 Å². The van der Waals surface area contributed by atoms with Crippen LogP contribution in [0.25, 0.3) is 0 Å². The molecule has 4 heteroatoms. The van der Waals surface area contributed by atoms with E-state index >= 15 is 0 Å². The Bertz CT molecular complexity index is 671. The minimum absolute atomic E-state index is 0.141. The summed E-state index contributed by atoms with van der Waals surface area (Å²) in [5.41, 5.74) is 0.926. The van der Waals surface area contributed by atoms with Gasteiger partial charge >= 0.3 is 0 Å². The van der Waals surface area contributed by atoms with Crippen LogP contribution in [0.5, 0.6) is 11.5 Å². The summed E-state index contributed by atoms with van der Waals surface area (Å²) in [4.78, 5) is 12.2. The zero-order chi connectivity index (χ0) is 13.8. The second-order valence-electron chi connectivity index (χ2n) is 3.90. The first kappa shape index (κ1) is 12.7. The largest absolute Gasteiger partial charge is 0.507 e. The zero-order valence-electron chi connectivity index (χ0n) is 10.3. The lowest BCUT2D eigenvalue weighted by atomic mass is 10.0. The van der Waals surface area contributed by atoms with E-state index < -0.39 is 0 Å². The van der Waals surface area contributed by atoms with Crippen LogP contribution in [0, 0.1) is 11.3 Å². The fourth-order valence-electron chi connectivity index (χ4n) is 1.70. The number of nitriles is 1. The molecule has 0 spiro atoms. The van der Waals surface area contributed by atoms with Crippen molar-refractivity contribution >= 4 is 5.78 Å². The highest BCUT2D eigenvalue weighted by Crippen LogP contribution is 2.21. The molecule has 0 bridgehead atoms. The van der Waals surface area contributed by atoms with Crippen LogP contribution in [0.15, 0.2) is 42.5 Å². The smallest absolute Gasteiger partial charge is 0.193 e. The highest BCUT2D eigenvalue weighted by Gasteiger charge is 2.12. The summed E-state index contributed by atoms with van der Waals surface area (Å²) in [7, 11) is 1.52. The average Bonchev–Trinajstić information content (AvgIpc) is 2.46. The summed E-state index contributed by atoms with van der Waals surface area (Å²) in [6, 6.07) is 12.8. The maximum atomic E-state index is 12.2. The van der Waals surface area contributed by atoms with Gasteiger partial charge in [0, 0.05) is 11.1 Å². The molecular weight excluding hydrogens is 242 g/mol. The molecule has 4 nitrogen and oxygen atoms in total. The molecule has 1 N–H and O–H groups in total. The second kappa shape index (κ2) is 5.23. The van der Waals surface area contributed by atoms with Crippen molar-refractivity contribution in [2.24, 2.45) is 0 Å². The third kappa shape index (κ3) is 2.55. The molecule has 0 aliphatic carbocycles. The molecule has 0 atom stereocenters. The van der Waals surface area contributed by atoms with Crippen LogP contribution in [-0.2, 0) is 0 Å². The number of phenols is 1. The van der Waals surface area contributed by atoms with E-state index in [4.69, 9.17) is 10.00 Å². The van der Waals surface area contributed by atoms with Gasteiger partial charge in [-0.15, -0.1) is 0 Å². The number of carbonyl (C=O) groups is 1. The summed E-state index contributed by atoms with van der Waals surface area (Å²) >= 11 is 0. The highest BCUT2D eigenvalue weighted by molar-refractivity contribution is 6.09. The topological polar surface area (TPSA) is 70.3 Å². The second-order valence-corrected chi connectivity index (χ2v) is 3.90. The van der Waals surface area contributed by atoms with Gasteiger partial charge in [-0.05, 0) is 30.3 Å². The van der Waals surface area contributed by atoms with Crippen LogP contribution >= 0.6 is 0 Å². The van der Waals surface area contributed by atoms with Gasteiger partial charge in [-0.1, -0.05) is 12.1 Å².